The topological polar surface area (TPSA) is 70.6 Å². The van der Waals surface area contributed by atoms with Gasteiger partial charge in [0.25, 0.3) is 5.91 Å². The molecule has 1 N–H and O–H groups in total. The highest BCUT2D eigenvalue weighted by molar-refractivity contribution is 6.12. The Morgan fingerprint density at radius 3 is 2.71 bits per heavy atom. The number of nitrogens with zero attached hydrogens (tertiary/aromatic N) is 4. The van der Waals surface area contributed by atoms with Gasteiger partial charge >= 0.3 is 0 Å². The molecule has 0 unspecified atom stereocenters. The number of benzene rings is 2. The lowest BCUT2D eigenvalue weighted by Crippen LogP contribution is -2.28. The van der Waals surface area contributed by atoms with Crippen LogP contribution in [0, 0.1) is 12.7 Å². The first kappa shape index (κ1) is 22.6. The van der Waals surface area contributed by atoms with Gasteiger partial charge in [-0.15, -0.1) is 0 Å². The number of halogens is 1. The molecular formula is C27H26FN5O2. The van der Waals surface area contributed by atoms with Gasteiger partial charge < -0.3 is 19.9 Å². The summed E-state index contributed by atoms with van der Waals surface area (Å²) in [4.78, 5) is 25.7. The molecule has 7 nitrogen and oxygen atoms in total. The lowest BCUT2D eigenvalue weighted by molar-refractivity contribution is -0.114. The third-order valence-electron chi connectivity index (χ3n) is 6.17. The molecule has 2 aliphatic rings. The highest BCUT2D eigenvalue weighted by Gasteiger charge is 2.32. The van der Waals surface area contributed by atoms with Gasteiger partial charge in [0.1, 0.15) is 23.9 Å². The van der Waals surface area contributed by atoms with E-state index in [0.29, 0.717) is 28.8 Å². The van der Waals surface area contributed by atoms with E-state index in [9.17, 15) is 9.18 Å². The first-order chi connectivity index (χ1) is 16.9. The van der Waals surface area contributed by atoms with Crippen LogP contribution in [0.25, 0.3) is 0 Å². The summed E-state index contributed by atoms with van der Waals surface area (Å²) in [5.74, 6) is 1.45. The molecule has 0 saturated heterocycles. The van der Waals surface area contributed by atoms with Gasteiger partial charge in [0.15, 0.2) is 5.82 Å². The van der Waals surface area contributed by atoms with Gasteiger partial charge in [0.05, 0.1) is 17.5 Å². The van der Waals surface area contributed by atoms with Crippen LogP contribution in [0.5, 0.6) is 5.75 Å². The summed E-state index contributed by atoms with van der Waals surface area (Å²) in [7, 11) is 3.66. The average molecular weight is 472 g/mol. The molecule has 1 aliphatic heterocycles. The molecule has 0 saturated carbocycles. The molecule has 35 heavy (non-hydrogen) atoms. The second kappa shape index (κ2) is 9.21. The van der Waals surface area contributed by atoms with Crippen LogP contribution in [-0.4, -0.2) is 30.0 Å². The van der Waals surface area contributed by atoms with Crippen LogP contribution in [0.4, 0.5) is 27.5 Å². The number of anilines is 4. The Hall–Kier alpha value is -4.20. The fourth-order valence-electron chi connectivity index (χ4n) is 4.30. The van der Waals surface area contributed by atoms with Gasteiger partial charge in [-0.3, -0.25) is 4.79 Å². The second-order valence-electron chi connectivity index (χ2n) is 8.63. The standard InChI is InChI=1S/C27H26FN5O2/c1-17-13-20(11-12-24(17)35-16-18-7-6-8-19(28)14-18)30-27-29-15-23-25(31-27)32(2)22-10-5-4-9-21(22)26(34)33(23)3/h6-15H,4-5,16H2,1-3H3,(H,29,30,31). The third kappa shape index (κ3) is 4.47. The minimum absolute atomic E-state index is 0.0599. The van der Waals surface area contributed by atoms with Gasteiger partial charge in [-0.2, -0.15) is 4.98 Å². The van der Waals surface area contributed by atoms with Crippen molar-refractivity contribution in [1.82, 2.24) is 9.97 Å². The number of rotatable bonds is 5. The Balaban J connectivity index is 1.36. The Labute approximate surface area is 203 Å². The normalized spacial score (nSPS) is 15.0. The van der Waals surface area contributed by atoms with E-state index >= 15 is 0 Å². The van der Waals surface area contributed by atoms with Crippen molar-refractivity contribution in [2.75, 3.05) is 29.2 Å². The molecule has 2 heterocycles. The zero-order valence-corrected chi connectivity index (χ0v) is 19.9. The quantitative estimate of drug-likeness (QED) is 0.547. The third-order valence-corrected chi connectivity index (χ3v) is 6.17. The van der Waals surface area contributed by atoms with Crippen LogP contribution in [0.3, 0.4) is 0 Å². The zero-order chi connectivity index (χ0) is 24.5. The van der Waals surface area contributed by atoms with Crippen molar-refractivity contribution >= 4 is 29.0 Å². The van der Waals surface area contributed by atoms with E-state index in [2.05, 4.69) is 16.4 Å². The maximum absolute atomic E-state index is 13.4. The Bertz CT molecular complexity index is 1370. The number of aryl methyl sites for hydroxylation is 1. The van der Waals surface area contributed by atoms with Crippen molar-refractivity contribution in [3.63, 3.8) is 0 Å². The summed E-state index contributed by atoms with van der Waals surface area (Å²) in [5.41, 5.74) is 4.70. The van der Waals surface area contributed by atoms with Gasteiger partial charge in [-0.25, -0.2) is 9.37 Å². The van der Waals surface area contributed by atoms with E-state index in [1.165, 1.54) is 12.1 Å². The van der Waals surface area contributed by atoms with E-state index in [4.69, 9.17) is 9.72 Å². The summed E-state index contributed by atoms with van der Waals surface area (Å²) in [6.45, 7) is 2.23. The van der Waals surface area contributed by atoms with Crippen LogP contribution in [-0.2, 0) is 11.4 Å². The average Bonchev–Trinajstić information content (AvgIpc) is 2.93. The van der Waals surface area contributed by atoms with Crippen LogP contribution in [0.1, 0.15) is 24.0 Å². The molecule has 5 rings (SSSR count). The second-order valence-corrected chi connectivity index (χ2v) is 8.63. The van der Waals surface area contributed by atoms with Crippen LogP contribution < -0.4 is 19.9 Å². The van der Waals surface area contributed by atoms with Gasteiger partial charge in [0.2, 0.25) is 5.95 Å². The van der Waals surface area contributed by atoms with E-state index in [0.717, 1.165) is 35.4 Å². The molecule has 0 bridgehead atoms. The molecule has 3 aromatic rings. The number of likely N-dealkylation sites (N-methyl/N-ethyl adjacent to an activating group) is 2. The number of ether oxygens (including phenoxy) is 1. The molecule has 178 valence electrons. The van der Waals surface area contributed by atoms with Crippen LogP contribution >= 0.6 is 0 Å². The Kier molecular flexibility index (Phi) is 5.94. The fourth-order valence-corrected chi connectivity index (χ4v) is 4.30. The molecule has 0 atom stereocenters. The lowest BCUT2D eigenvalue weighted by atomic mass is 10.0. The van der Waals surface area contributed by atoms with Gasteiger partial charge in [-0.1, -0.05) is 24.3 Å². The Morgan fingerprint density at radius 1 is 1.09 bits per heavy atom. The van der Waals surface area contributed by atoms with Crippen molar-refractivity contribution in [2.24, 2.45) is 0 Å². The monoisotopic (exact) mass is 471 g/mol. The van der Waals surface area contributed by atoms with Crippen molar-refractivity contribution in [1.29, 1.82) is 0 Å². The van der Waals surface area contributed by atoms with E-state index in [-0.39, 0.29) is 18.3 Å². The number of allylic oxidation sites excluding steroid dienone is 2. The van der Waals surface area contributed by atoms with E-state index in [1.54, 1.807) is 24.2 Å². The van der Waals surface area contributed by atoms with Gasteiger partial charge in [-0.05, 0) is 61.2 Å². The lowest BCUT2D eigenvalue weighted by Gasteiger charge is -2.23. The molecular weight excluding hydrogens is 445 g/mol. The molecule has 1 aliphatic carbocycles. The minimum Gasteiger partial charge on any atom is -0.489 e. The number of nitrogens with one attached hydrogen (secondary N) is 1. The number of hydrogen-bond acceptors (Lipinski definition) is 6. The smallest absolute Gasteiger partial charge is 0.259 e. The van der Waals surface area contributed by atoms with E-state index in [1.807, 2.05) is 49.2 Å². The molecule has 0 spiro atoms. The van der Waals surface area contributed by atoms with Crippen LogP contribution in [0.15, 0.2) is 72.1 Å². The highest BCUT2D eigenvalue weighted by atomic mass is 19.1. The molecule has 0 radical (unpaired) electrons. The SMILES string of the molecule is Cc1cc(Nc2ncc3c(n2)N(C)C2=CCCC=C2C(=O)N3C)ccc1OCc1cccc(F)c1. The number of carbonyl (C=O) groups is 1. The summed E-state index contributed by atoms with van der Waals surface area (Å²) >= 11 is 0. The van der Waals surface area contributed by atoms with Crippen molar-refractivity contribution < 1.29 is 13.9 Å². The minimum atomic E-state index is -0.281. The predicted molar refractivity (Wildman–Crippen MR) is 134 cm³/mol. The van der Waals surface area contributed by atoms with E-state index < -0.39 is 0 Å². The first-order valence-corrected chi connectivity index (χ1v) is 11.4. The summed E-state index contributed by atoms with van der Waals surface area (Å²) in [6.07, 6.45) is 7.48. The fraction of sp³-hybridized carbons (Fsp3) is 0.222. The number of aromatic nitrogens is 2. The summed E-state index contributed by atoms with van der Waals surface area (Å²) in [6, 6.07) is 12.1. The number of hydrogen-bond donors (Lipinski definition) is 1. The first-order valence-electron chi connectivity index (χ1n) is 11.4. The molecule has 8 heteroatoms. The predicted octanol–water partition coefficient (Wildman–Crippen LogP) is 5.26. The summed E-state index contributed by atoms with van der Waals surface area (Å²) in [5, 5.41) is 3.25. The largest absolute Gasteiger partial charge is 0.489 e. The molecule has 1 amide bonds. The van der Waals surface area contributed by atoms with Gasteiger partial charge in [0, 0.05) is 19.8 Å². The summed E-state index contributed by atoms with van der Waals surface area (Å²) < 4.78 is 19.3. The number of amides is 1. The Morgan fingerprint density at radius 2 is 1.91 bits per heavy atom. The van der Waals surface area contributed by atoms with Crippen molar-refractivity contribution in [3.8, 4) is 5.75 Å². The zero-order valence-electron chi connectivity index (χ0n) is 19.9. The molecule has 0 fully saturated rings. The highest BCUT2D eigenvalue weighted by Crippen LogP contribution is 2.37. The maximum atomic E-state index is 13.4. The van der Waals surface area contributed by atoms with Crippen LogP contribution in [0.2, 0.25) is 0 Å². The van der Waals surface area contributed by atoms with Crippen molar-refractivity contribution in [2.45, 2.75) is 26.4 Å². The maximum Gasteiger partial charge on any atom is 0.259 e. The molecule has 1 aromatic heterocycles. The van der Waals surface area contributed by atoms with Crippen molar-refractivity contribution in [3.05, 3.63) is 89.0 Å². The number of fused-ring (bicyclic) bond motifs is 2. The molecule has 2 aromatic carbocycles. The number of carbonyl (C=O) groups excluding carboxylic acids is 1.